The Labute approximate surface area is 351 Å². The molecule has 0 fully saturated rings. The second-order valence-electron chi connectivity index (χ2n) is 13.5. The zero-order valence-corrected chi connectivity index (χ0v) is 32.2. The van der Waals surface area contributed by atoms with Crippen molar-refractivity contribution >= 4 is 34.1 Å². The summed E-state index contributed by atoms with van der Waals surface area (Å²) < 4.78 is 0. The van der Waals surface area contributed by atoms with Gasteiger partial charge in [-0.25, -0.2) is 0 Å². The first-order valence-corrected chi connectivity index (χ1v) is 18.5. The maximum Gasteiger partial charge on any atom is 0.0701 e. The van der Waals surface area contributed by atoms with Crippen LogP contribution in [0.3, 0.4) is 0 Å². The van der Waals surface area contributed by atoms with Crippen LogP contribution < -0.4 is 0 Å². The molecule has 0 aliphatic carbocycles. The molecule has 0 saturated carbocycles. The van der Waals surface area contributed by atoms with Crippen LogP contribution in [-0.4, -0.2) is 0 Å². The van der Waals surface area contributed by atoms with Gasteiger partial charge in [0, 0.05) is 63.6 Å². The molecule has 0 atom stereocenters. The highest BCUT2D eigenvalue weighted by Crippen LogP contribution is 2.50. The van der Waals surface area contributed by atoms with E-state index in [1.165, 1.54) is 0 Å². The van der Waals surface area contributed by atoms with Crippen molar-refractivity contribution in [2.45, 2.75) is 10.8 Å². The van der Waals surface area contributed by atoms with E-state index in [0.717, 1.165) is 44.5 Å². The lowest BCUT2D eigenvalue weighted by atomic mass is 9.62. The fourth-order valence-electron chi connectivity index (χ4n) is 7.95. The Morgan fingerprint density at radius 2 is 0.323 bits per heavy atom. The first-order chi connectivity index (χ1) is 30.4. The average molecular weight is 809 g/mol. The molecule has 0 saturated heterocycles. The van der Waals surface area contributed by atoms with E-state index >= 15 is 0 Å². The molecule has 294 valence electrons. The SMILES string of the molecule is [N-]=[N+]=Nc1ccc(C(c2ccc(N=[N+]=[N-])cc2)(c2ccc(N=[N+]=[N-])cc2)c2ccc(C(c3ccc(N=[N+]=[N-])cc3)(c3ccc(N=[N+]=[N-])cc3)c3ccc(N=[N+]=[N-])cc3)cc2)cc1. The van der Waals surface area contributed by atoms with E-state index in [0.29, 0.717) is 34.1 Å². The highest BCUT2D eigenvalue weighted by atomic mass is 15.2. The summed E-state index contributed by atoms with van der Waals surface area (Å²) in [6, 6.07) is 51.4. The minimum absolute atomic E-state index is 0.409. The largest absolute Gasteiger partial charge is 0.0701 e. The van der Waals surface area contributed by atoms with Crippen molar-refractivity contribution in [1.82, 2.24) is 0 Å². The number of hydrogen-bond acceptors (Lipinski definition) is 6. The van der Waals surface area contributed by atoms with Crippen LogP contribution in [0.2, 0.25) is 0 Å². The average Bonchev–Trinajstić information content (AvgIpc) is 3.31. The van der Waals surface area contributed by atoms with Gasteiger partial charge in [0.05, 0.1) is 10.8 Å². The highest BCUT2D eigenvalue weighted by molar-refractivity contribution is 5.67. The van der Waals surface area contributed by atoms with Crippen molar-refractivity contribution in [2.24, 2.45) is 30.7 Å². The quantitative estimate of drug-likeness (QED) is 0.0428. The summed E-state index contributed by atoms with van der Waals surface area (Å²) in [5.41, 5.74) is 61.9. The molecule has 0 amide bonds. The molecule has 0 spiro atoms. The van der Waals surface area contributed by atoms with Gasteiger partial charge in [-0.05, 0) is 77.7 Å². The summed E-state index contributed by atoms with van der Waals surface area (Å²) >= 11 is 0. The third-order valence-corrected chi connectivity index (χ3v) is 10.5. The van der Waals surface area contributed by atoms with Crippen molar-refractivity contribution in [1.29, 1.82) is 0 Å². The van der Waals surface area contributed by atoms with E-state index in [9.17, 15) is 33.2 Å². The molecule has 62 heavy (non-hydrogen) atoms. The normalized spacial score (nSPS) is 12.1. The molecular weight excluding hydrogens is 781 g/mol. The van der Waals surface area contributed by atoms with E-state index in [1.54, 1.807) is 72.8 Å². The van der Waals surface area contributed by atoms with Gasteiger partial charge in [-0.15, -0.1) is 0 Å². The molecule has 0 bridgehead atoms. The number of hydrogen-bond donors (Lipinski definition) is 0. The third kappa shape index (κ3) is 7.70. The molecule has 0 aliphatic heterocycles. The zero-order valence-electron chi connectivity index (χ0n) is 32.2. The third-order valence-electron chi connectivity index (χ3n) is 10.5. The minimum atomic E-state index is -1.08. The van der Waals surface area contributed by atoms with Crippen LogP contribution in [-0.2, 0) is 10.8 Å². The molecule has 0 N–H and O–H groups in total. The Morgan fingerprint density at radius 3 is 0.435 bits per heavy atom. The lowest BCUT2D eigenvalue weighted by Crippen LogP contribution is -2.33. The van der Waals surface area contributed by atoms with Gasteiger partial charge in [-0.1, -0.05) is 201 Å². The predicted molar refractivity (Wildman–Crippen MR) is 236 cm³/mol. The number of nitrogens with zero attached hydrogens (tertiary/aromatic N) is 18. The van der Waals surface area contributed by atoms with Gasteiger partial charge < -0.3 is 0 Å². The standard InChI is InChI=1S/C44H28N18/c45-57-51-37-17-5-31(6-18-37)43(32-7-19-38(20-8-32)52-58-46,33-9-21-39(22-10-33)53-59-47)29-1-2-30(4-3-29)44(34-11-23-40(24-12-34)54-60-48,35-13-25-41(26-14-35)55-61-49)36-15-27-42(28-16-36)56-62-50/h1-28H. The molecule has 7 rings (SSSR count). The Kier molecular flexibility index (Phi) is 12.0. The molecule has 0 aliphatic rings. The Balaban J connectivity index is 1.57. The van der Waals surface area contributed by atoms with Gasteiger partial charge in [0.25, 0.3) is 0 Å². The molecule has 0 unspecified atom stereocenters. The van der Waals surface area contributed by atoms with Crippen LogP contribution in [0.4, 0.5) is 34.1 Å². The van der Waals surface area contributed by atoms with Gasteiger partial charge in [0.1, 0.15) is 0 Å². The van der Waals surface area contributed by atoms with Crippen molar-refractivity contribution < 1.29 is 0 Å². The van der Waals surface area contributed by atoms with Crippen LogP contribution in [0.1, 0.15) is 44.5 Å². The first kappa shape index (κ1) is 40.6. The van der Waals surface area contributed by atoms with Gasteiger partial charge in [0.15, 0.2) is 0 Å². The van der Waals surface area contributed by atoms with E-state index in [2.05, 4.69) is 60.2 Å². The topological polar surface area (TPSA) is 293 Å². The maximum absolute atomic E-state index is 9.21. The van der Waals surface area contributed by atoms with Crippen LogP contribution in [0.5, 0.6) is 0 Å². The Bertz CT molecular complexity index is 2530. The molecule has 0 heterocycles. The lowest BCUT2D eigenvalue weighted by Gasteiger charge is -2.39. The fourth-order valence-corrected chi connectivity index (χ4v) is 7.95. The van der Waals surface area contributed by atoms with Crippen molar-refractivity contribution in [3.05, 3.63) is 277 Å². The highest BCUT2D eigenvalue weighted by Gasteiger charge is 2.41. The van der Waals surface area contributed by atoms with Gasteiger partial charge in [0.2, 0.25) is 0 Å². The summed E-state index contributed by atoms with van der Waals surface area (Å²) in [6.45, 7) is 0. The summed E-state index contributed by atoms with van der Waals surface area (Å²) in [7, 11) is 0. The molecule has 7 aromatic rings. The number of azide groups is 6. The summed E-state index contributed by atoms with van der Waals surface area (Å²) in [5.74, 6) is 0. The molecule has 18 nitrogen and oxygen atoms in total. The second kappa shape index (κ2) is 18.3. The summed E-state index contributed by atoms with van der Waals surface area (Å²) in [5, 5.41) is 22.8. The molecule has 0 aromatic heterocycles. The molecular formula is C44H28N18. The molecule has 7 aromatic carbocycles. The summed E-state index contributed by atoms with van der Waals surface area (Å²) in [4.78, 5) is 17.8. The van der Waals surface area contributed by atoms with Gasteiger partial charge in [-0.3, -0.25) is 0 Å². The van der Waals surface area contributed by atoms with Crippen molar-refractivity contribution in [3.63, 3.8) is 0 Å². The van der Waals surface area contributed by atoms with Crippen LogP contribution in [0.25, 0.3) is 62.7 Å². The molecule has 18 heteroatoms. The van der Waals surface area contributed by atoms with Crippen LogP contribution >= 0.6 is 0 Å². The first-order valence-electron chi connectivity index (χ1n) is 18.5. The zero-order chi connectivity index (χ0) is 43.4. The Morgan fingerprint density at radius 1 is 0.210 bits per heavy atom. The second-order valence-corrected chi connectivity index (χ2v) is 13.5. The smallest absolute Gasteiger partial charge is 0.0608 e. The Hall–Kier alpha value is -9.60. The summed E-state index contributed by atoms with van der Waals surface area (Å²) in [6.07, 6.45) is 0. The lowest BCUT2D eigenvalue weighted by molar-refractivity contribution is 0.728. The molecule has 0 radical (unpaired) electrons. The fraction of sp³-hybridized carbons (Fsp3) is 0.0455. The van der Waals surface area contributed by atoms with Crippen LogP contribution in [0, 0.1) is 0 Å². The van der Waals surface area contributed by atoms with Crippen molar-refractivity contribution in [3.8, 4) is 0 Å². The monoisotopic (exact) mass is 808 g/mol. The van der Waals surface area contributed by atoms with Gasteiger partial charge >= 0.3 is 0 Å². The van der Waals surface area contributed by atoms with E-state index in [1.807, 2.05) is 97.1 Å². The predicted octanol–water partition coefficient (Wildman–Crippen LogP) is 16.1. The van der Waals surface area contributed by atoms with Crippen molar-refractivity contribution in [2.75, 3.05) is 0 Å². The number of benzene rings is 7. The van der Waals surface area contributed by atoms with Gasteiger partial charge in [-0.2, -0.15) is 0 Å². The van der Waals surface area contributed by atoms with E-state index in [4.69, 9.17) is 0 Å². The minimum Gasteiger partial charge on any atom is -0.0608 e. The van der Waals surface area contributed by atoms with Crippen LogP contribution in [0.15, 0.2) is 201 Å². The maximum atomic E-state index is 9.21. The van der Waals surface area contributed by atoms with E-state index in [-0.39, 0.29) is 0 Å². The number of rotatable bonds is 14. The van der Waals surface area contributed by atoms with E-state index < -0.39 is 10.8 Å².